The molecule has 7 heteroatoms. The van der Waals surface area contributed by atoms with E-state index in [2.05, 4.69) is 0 Å². The summed E-state index contributed by atoms with van der Waals surface area (Å²) in [4.78, 5) is 27.6. The average molecular weight is 336 g/mol. The Balaban J connectivity index is 1.58. The molecule has 2 saturated heterocycles. The van der Waals surface area contributed by atoms with Gasteiger partial charge in [-0.05, 0) is 23.8 Å². The predicted molar refractivity (Wildman–Crippen MR) is 82.9 cm³/mol. The third-order valence-electron chi connectivity index (χ3n) is 4.09. The standard InChI is InChI=1S/C17H18F2N2O3/c18-14-3-1-12(9-15(14)19)2-4-16(22)20-6-5-17(23)21(8-7-20)10-13-11-24-13/h1-4,9,13H,5-8,10-11H2. The first-order valence-electron chi connectivity index (χ1n) is 7.84. The van der Waals surface area contributed by atoms with Gasteiger partial charge in [0.05, 0.1) is 12.7 Å². The molecule has 1 aromatic carbocycles. The minimum Gasteiger partial charge on any atom is -0.371 e. The first kappa shape index (κ1) is 16.6. The van der Waals surface area contributed by atoms with E-state index in [1.165, 1.54) is 18.2 Å². The van der Waals surface area contributed by atoms with Crippen LogP contribution in [0.5, 0.6) is 0 Å². The normalized spacial score (nSPS) is 21.2. The van der Waals surface area contributed by atoms with Crippen LogP contribution in [-0.2, 0) is 14.3 Å². The summed E-state index contributed by atoms with van der Waals surface area (Å²) in [6, 6.07) is 3.44. The largest absolute Gasteiger partial charge is 0.371 e. The molecule has 1 aromatic rings. The molecule has 2 amide bonds. The fourth-order valence-corrected chi connectivity index (χ4v) is 2.59. The van der Waals surface area contributed by atoms with Crippen molar-refractivity contribution in [1.82, 2.24) is 9.80 Å². The number of ether oxygens (including phenoxy) is 1. The number of nitrogens with zero attached hydrogens (tertiary/aromatic N) is 2. The lowest BCUT2D eigenvalue weighted by Gasteiger charge is -2.20. The van der Waals surface area contributed by atoms with Crippen LogP contribution in [0, 0.1) is 11.6 Å². The first-order chi connectivity index (χ1) is 11.5. The van der Waals surface area contributed by atoms with Gasteiger partial charge in [0.15, 0.2) is 11.6 Å². The second kappa shape index (κ2) is 7.09. The maximum absolute atomic E-state index is 13.1. The molecule has 2 fully saturated rings. The topological polar surface area (TPSA) is 53.2 Å². The molecular formula is C17H18F2N2O3. The Morgan fingerprint density at radius 3 is 2.75 bits per heavy atom. The summed E-state index contributed by atoms with van der Waals surface area (Å²) in [7, 11) is 0. The summed E-state index contributed by atoms with van der Waals surface area (Å²) in [5.74, 6) is -2.12. The molecule has 2 aliphatic rings. The van der Waals surface area contributed by atoms with Crippen LogP contribution in [0.25, 0.3) is 6.08 Å². The molecule has 5 nitrogen and oxygen atoms in total. The maximum Gasteiger partial charge on any atom is 0.246 e. The van der Waals surface area contributed by atoms with Gasteiger partial charge in [0.2, 0.25) is 11.8 Å². The minimum atomic E-state index is -0.956. The first-order valence-corrected chi connectivity index (χ1v) is 7.84. The number of hydrogen-bond acceptors (Lipinski definition) is 3. The lowest BCUT2D eigenvalue weighted by molar-refractivity contribution is -0.130. The Hall–Kier alpha value is -2.28. The van der Waals surface area contributed by atoms with Gasteiger partial charge in [0.25, 0.3) is 0 Å². The Morgan fingerprint density at radius 2 is 2.04 bits per heavy atom. The van der Waals surface area contributed by atoms with Gasteiger partial charge in [-0.25, -0.2) is 8.78 Å². The quantitative estimate of drug-likeness (QED) is 0.618. The molecule has 0 saturated carbocycles. The van der Waals surface area contributed by atoms with Gasteiger partial charge in [0.1, 0.15) is 0 Å². The lowest BCUT2D eigenvalue weighted by Crippen LogP contribution is -2.37. The van der Waals surface area contributed by atoms with E-state index in [-0.39, 0.29) is 24.3 Å². The average Bonchev–Trinajstić information content (AvgIpc) is 3.39. The smallest absolute Gasteiger partial charge is 0.246 e. The number of epoxide rings is 1. The van der Waals surface area contributed by atoms with E-state index < -0.39 is 11.6 Å². The summed E-state index contributed by atoms with van der Waals surface area (Å²) < 4.78 is 31.2. The molecule has 0 N–H and O–H groups in total. The molecule has 0 radical (unpaired) electrons. The van der Waals surface area contributed by atoms with E-state index in [0.29, 0.717) is 38.3 Å². The number of carbonyl (C=O) groups is 2. The van der Waals surface area contributed by atoms with Crippen molar-refractivity contribution in [2.24, 2.45) is 0 Å². The van der Waals surface area contributed by atoms with Gasteiger partial charge in [-0.15, -0.1) is 0 Å². The highest BCUT2D eigenvalue weighted by Crippen LogP contribution is 2.14. The van der Waals surface area contributed by atoms with Gasteiger partial charge in [0, 0.05) is 38.7 Å². The summed E-state index contributed by atoms with van der Waals surface area (Å²) in [5.41, 5.74) is 0.403. The van der Waals surface area contributed by atoms with E-state index in [1.807, 2.05) is 0 Å². The highest BCUT2D eigenvalue weighted by Gasteiger charge is 2.30. The molecule has 128 valence electrons. The summed E-state index contributed by atoms with van der Waals surface area (Å²) in [5, 5.41) is 0. The van der Waals surface area contributed by atoms with Crippen molar-refractivity contribution in [3.8, 4) is 0 Å². The number of halogens is 2. The highest BCUT2D eigenvalue weighted by atomic mass is 19.2. The molecule has 0 aliphatic carbocycles. The van der Waals surface area contributed by atoms with E-state index in [9.17, 15) is 18.4 Å². The molecule has 2 aliphatic heterocycles. The summed E-state index contributed by atoms with van der Waals surface area (Å²) >= 11 is 0. The zero-order valence-corrected chi connectivity index (χ0v) is 13.1. The molecule has 3 rings (SSSR count). The molecule has 1 unspecified atom stereocenters. The van der Waals surface area contributed by atoms with Gasteiger partial charge >= 0.3 is 0 Å². The summed E-state index contributed by atoms with van der Waals surface area (Å²) in [6.45, 7) is 2.53. The van der Waals surface area contributed by atoms with Gasteiger partial charge in [-0.2, -0.15) is 0 Å². The number of rotatable bonds is 4. The van der Waals surface area contributed by atoms with Crippen molar-refractivity contribution < 1.29 is 23.1 Å². The zero-order valence-electron chi connectivity index (χ0n) is 13.1. The monoisotopic (exact) mass is 336 g/mol. The van der Waals surface area contributed by atoms with Crippen molar-refractivity contribution in [3.63, 3.8) is 0 Å². The lowest BCUT2D eigenvalue weighted by atomic mass is 10.2. The van der Waals surface area contributed by atoms with Gasteiger partial charge in [-0.1, -0.05) is 6.07 Å². The van der Waals surface area contributed by atoms with Crippen LogP contribution in [0.2, 0.25) is 0 Å². The van der Waals surface area contributed by atoms with Gasteiger partial charge < -0.3 is 14.5 Å². The maximum atomic E-state index is 13.1. The Bertz CT molecular complexity index is 674. The zero-order chi connectivity index (χ0) is 17.1. The van der Waals surface area contributed by atoms with Gasteiger partial charge in [-0.3, -0.25) is 9.59 Å². The van der Waals surface area contributed by atoms with Crippen LogP contribution in [0.15, 0.2) is 24.3 Å². The number of amides is 2. The number of carbonyl (C=O) groups excluding carboxylic acids is 2. The van der Waals surface area contributed by atoms with Crippen LogP contribution < -0.4 is 0 Å². The van der Waals surface area contributed by atoms with Crippen LogP contribution in [0.1, 0.15) is 12.0 Å². The second-order valence-electron chi connectivity index (χ2n) is 5.88. The van der Waals surface area contributed by atoms with E-state index in [0.717, 1.165) is 12.1 Å². The molecule has 24 heavy (non-hydrogen) atoms. The van der Waals surface area contributed by atoms with E-state index >= 15 is 0 Å². The Labute approximate surface area is 138 Å². The molecule has 0 aromatic heterocycles. The summed E-state index contributed by atoms with van der Waals surface area (Å²) in [6.07, 6.45) is 3.16. The second-order valence-corrected chi connectivity index (χ2v) is 5.88. The highest BCUT2D eigenvalue weighted by molar-refractivity contribution is 5.92. The van der Waals surface area contributed by atoms with Crippen LogP contribution in [0.3, 0.4) is 0 Å². The van der Waals surface area contributed by atoms with E-state index in [4.69, 9.17) is 4.74 Å². The number of benzene rings is 1. The molecule has 1 atom stereocenters. The Kier molecular flexibility index (Phi) is 4.89. The van der Waals surface area contributed by atoms with Crippen molar-refractivity contribution in [2.75, 3.05) is 32.8 Å². The predicted octanol–water partition coefficient (Wildman–Crippen LogP) is 1.44. The van der Waals surface area contributed by atoms with E-state index in [1.54, 1.807) is 9.80 Å². The van der Waals surface area contributed by atoms with Crippen LogP contribution in [0.4, 0.5) is 8.78 Å². The molecule has 2 heterocycles. The number of hydrogen-bond donors (Lipinski definition) is 0. The van der Waals surface area contributed by atoms with Crippen molar-refractivity contribution in [1.29, 1.82) is 0 Å². The SMILES string of the molecule is O=C(C=Cc1ccc(F)c(F)c1)N1CCC(=O)N(CC2CO2)CC1. The molecule has 0 bridgehead atoms. The third-order valence-corrected chi connectivity index (χ3v) is 4.09. The van der Waals surface area contributed by atoms with Crippen LogP contribution in [-0.4, -0.2) is 60.5 Å². The third kappa shape index (κ3) is 4.17. The van der Waals surface area contributed by atoms with Crippen LogP contribution >= 0.6 is 0 Å². The Morgan fingerprint density at radius 1 is 1.25 bits per heavy atom. The fraction of sp³-hybridized carbons (Fsp3) is 0.412. The molecular weight excluding hydrogens is 318 g/mol. The van der Waals surface area contributed by atoms with Crippen molar-refractivity contribution >= 4 is 17.9 Å². The molecule has 0 spiro atoms. The van der Waals surface area contributed by atoms with Crippen molar-refractivity contribution in [3.05, 3.63) is 41.5 Å². The minimum absolute atomic E-state index is 0.0189. The fourth-order valence-electron chi connectivity index (χ4n) is 2.59. The van der Waals surface area contributed by atoms with Crippen molar-refractivity contribution in [2.45, 2.75) is 12.5 Å².